The lowest BCUT2D eigenvalue weighted by molar-refractivity contribution is 0.191. The van der Waals surface area contributed by atoms with E-state index in [0.717, 1.165) is 6.42 Å². The van der Waals surface area contributed by atoms with Crippen molar-refractivity contribution in [1.29, 1.82) is 0 Å². The highest BCUT2D eigenvalue weighted by Crippen LogP contribution is 2.18. The van der Waals surface area contributed by atoms with Gasteiger partial charge in [-0.3, -0.25) is 0 Å². The zero-order valence-corrected chi connectivity index (χ0v) is 9.51. The van der Waals surface area contributed by atoms with Gasteiger partial charge in [-0.15, -0.1) is 0 Å². The molecule has 1 atom stereocenters. The number of benzene rings is 1. The standard InChI is InChI=1S/C12H18FNO/c1-9-5-4-6-11(12(9)13)14-10(2)7-8-15-3/h4-6,10,14H,7-8H2,1-3H3. The molecule has 0 aliphatic carbocycles. The van der Waals surface area contributed by atoms with Gasteiger partial charge in [0.05, 0.1) is 5.69 Å². The fourth-order valence-corrected chi connectivity index (χ4v) is 1.39. The van der Waals surface area contributed by atoms with Gasteiger partial charge in [-0.05, 0) is 31.9 Å². The molecule has 3 heteroatoms. The van der Waals surface area contributed by atoms with Gasteiger partial charge >= 0.3 is 0 Å². The van der Waals surface area contributed by atoms with Crippen LogP contribution >= 0.6 is 0 Å². The number of hydrogen-bond donors (Lipinski definition) is 1. The van der Waals surface area contributed by atoms with Crippen LogP contribution in [-0.4, -0.2) is 19.8 Å². The average molecular weight is 211 g/mol. The van der Waals surface area contributed by atoms with Crippen molar-refractivity contribution in [1.82, 2.24) is 0 Å². The van der Waals surface area contributed by atoms with E-state index < -0.39 is 0 Å². The highest BCUT2D eigenvalue weighted by molar-refractivity contribution is 5.47. The summed E-state index contributed by atoms with van der Waals surface area (Å²) in [6, 6.07) is 5.58. The highest BCUT2D eigenvalue weighted by atomic mass is 19.1. The van der Waals surface area contributed by atoms with E-state index in [2.05, 4.69) is 5.32 Å². The molecule has 0 radical (unpaired) electrons. The Hall–Kier alpha value is -1.09. The molecule has 0 aromatic heterocycles. The second-order valence-corrected chi connectivity index (χ2v) is 3.76. The van der Waals surface area contributed by atoms with Crippen molar-refractivity contribution in [3.63, 3.8) is 0 Å². The molecule has 1 aromatic carbocycles. The molecule has 0 aliphatic heterocycles. The van der Waals surface area contributed by atoms with Crippen LogP contribution in [0.2, 0.25) is 0 Å². The zero-order valence-electron chi connectivity index (χ0n) is 9.51. The van der Waals surface area contributed by atoms with Crippen LogP contribution in [0.3, 0.4) is 0 Å². The summed E-state index contributed by atoms with van der Waals surface area (Å²) in [5, 5.41) is 3.13. The first-order chi connectivity index (χ1) is 7.15. The molecule has 0 amide bonds. The molecule has 0 saturated carbocycles. The van der Waals surface area contributed by atoms with Gasteiger partial charge in [-0.1, -0.05) is 12.1 Å². The fourth-order valence-electron chi connectivity index (χ4n) is 1.39. The SMILES string of the molecule is COCCC(C)Nc1cccc(C)c1F. The molecule has 0 bridgehead atoms. The van der Waals surface area contributed by atoms with E-state index in [-0.39, 0.29) is 11.9 Å². The quantitative estimate of drug-likeness (QED) is 0.808. The normalized spacial score (nSPS) is 12.5. The molecule has 1 aromatic rings. The smallest absolute Gasteiger partial charge is 0.149 e. The average Bonchev–Trinajstić information content (AvgIpc) is 2.22. The van der Waals surface area contributed by atoms with Gasteiger partial charge in [0.2, 0.25) is 0 Å². The number of methoxy groups -OCH3 is 1. The predicted molar refractivity (Wildman–Crippen MR) is 60.7 cm³/mol. The molecule has 2 nitrogen and oxygen atoms in total. The second kappa shape index (κ2) is 5.71. The molecule has 0 saturated heterocycles. The zero-order chi connectivity index (χ0) is 11.3. The number of nitrogens with one attached hydrogen (secondary N) is 1. The van der Waals surface area contributed by atoms with Gasteiger partial charge in [0.15, 0.2) is 0 Å². The Labute approximate surface area is 90.4 Å². The summed E-state index contributed by atoms with van der Waals surface area (Å²) in [6.07, 6.45) is 0.865. The van der Waals surface area contributed by atoms with Crippen molar-refractivity contribution in [2.75, 3.05) is 19.0 Å². The number of aryl methyl sites for hydroxylation is 1. The Bertz CT molecular complexity index is 314. The summed E-state index contributed by atoms with van der Waals surface area (Å²) in [7, 11) is 1.67. The van der Waals surface area contributed by atoms with Crippen LogP contribution in [0.15, 0.2) is 18.2 Å². The van der Waals surface area contributed by atoms with Gasteiger partial charge in [-0.25, -0.2) is 4.39 Å². The van der Waals surface area contributed by atoms with Crippen molar-refractivity contribution >= 4 is 5.69 Å². The third kappa shape index (κ3) is 3.51. The van der Waals surface area contributed by atoms with Crippen LogP contribution in [-0.2, 0) is 4.74 Å². The lowest BCUT2D eigenvalue weighted by Gasteiger charge is -2.15. The predicted octanol–water partition coefficient (Wildman–Crippen LogP) is 2.97. The van der Waals surface area contributed by atoms with E-state index in [1.165, 1.54) is 0 Å². The summed E-state index contributed by atoms with van der Waals surface area (Å²) in [6.45, 7) is 4.46. The topological polar surface area (TPSA) is 21.3 Å². The minimum Gasteiger partial charge on any atom is -0.385 e. The molecule has 1 unspecified atom stereocenters. The number of rotatable bonds is 5. The van der Waals surface area contributed by atoms with Crippen molar-refractivity contribution in [3.8, 4) is 0 Å². The Balaban J connectivity index is 2.60. The molecule has 0 aliphatic rings. The van der Waals surface area contributed by atoms with Gasteiger partial charge in [0.25, 0.3) is 0 Å². The van der Waals surface area contributed by atoms with Crippen LogP contribution in [0.25, 0.3) is 0 Å². The summed E-state index contributed by atoms with van der Waals surface area (Å²) >= 11 is 0. The minimum atomic E-state index is -0.165. The Kier molecular flexibility index (Phi) is 4.56. The lowest BCUT2D eigenvalue weighted by atomic mass is 10.1. The van der Waals surface area contributed by atoms with E-state index >= 15 is 0 Å². The van der Waals surface area contributed by atoms with Crippen LogP contribution in [0.5, 0.6) is 0 Å². The van der Waals surface area contributed by atoms with E-state index in [1.54, 1.807) is 26.2 Å². The Morgan fingerprint density at radius 3 is 2.87 bits per heavy atom. The first kappa shape index (κ1) is 12.0. The maximum Gasteiger partial charge on any atom is 0.149 e. The van der Waals surface area contributed by atoms with Gasteiger partial charge in [0, 0.05) is 19.8 Å². The van der Waals surface area contributed by atoms with Crippen LogP contribution in [0.1, 0.15) is 18.9 Å². The number of halogens is 1. The molecule has 0 heterocycles. The van der Waals surface area contributed by atoms with Crippen LogP contribution < -0.4 is 5.32 Å². The van der Waals surface area contributed by atoms with Gasteiger partial charge in [0.1, 0.15) is 5.82 Å². The fraction of sp³-hybridized carbons (Fsp3) is 0.500. The molecule has 15 heavy (non-hydrogen) atoms. The molecular weight excluding hydrogens is 193 g/mol. The highest BCUT2D eigenvalue weighted by Gasteiger charge is 2.07. The number of anilines is 1. The van der Waals surface area contributed by atoms with Crippen molar-refractivity contribution in [2.24, 2.45) is 0 Å². The first-order valence-corrected chi connectivity index (χ1v) is 5.15. The molecular formula is C12H18FNO. The van der Waals surface area contributed by atoms with Gasteiger partial charge < -0.3 is 10.1 Å². The maximum atomic E-state index is 13.6. The van der Waals surface area contributed by atoms with E-state index in [1.807, 2.05) is 13.0 Å². The maximum absolute atomic E-state index is 13.6. The van der Waals surface area contributed by atoms with Crippen molar-refractivity contribution in [2.45, 2.75) is 26.3 Å². The van der Waals surface area contributed by atoms with Crippen LogP contribution in [0.4, 0.5) is 10.1 Å². The summed E-state index contributed by atoms with van der Waals surface area (Å²) in [5.74, 6) is -0.165. The molecule has 1 rings (SSSR count). The third-order valence-electron chi connectivity index (χ3n) is 2.35. The number of hydrogen-bond acceptors (Lipinski definition) is 2. The molecule has 0 fully saturated rings. The van der Waals surface area contributed by atoms with E-state index in [4.69, 9.17) is 4.74 Å². The first-order valence-electron chi connectivity index (χ1n) is 5.15. The summed E-state index contributed by atoms with van der Waals surface area (Å²) < 4.78 is 18.6. The summed E-state index contributed by atoms with van der Waals surface area (Å²) in [5.41, 5.74) is 1.23. The van der Waals surface area contributed by atoms with Crippen LogP contribution in [0, 0.1) is 12.7 Å². The monoisotopic (exact) mass is 211 g/mol. The molecule has 1 N–H and O–H groups in total. The van der Waals surface area contributed by atoms with Crippen molar-refractivity contribution in [3.05, 3.63) is 29.6 Å². The summed E-state index contributed by atoms with van der Waals surface area (Å²) in [4.78, 5) is 0. The second-order valence-electron chi connectivity index (χ2n) is 3.76. The van der Waals surface area contributed by atoms with E-state index in [9.17, 15) is 4.39 Å². The minimum absolute atomic E-state index is 0.165. The molecule has 0 spiro atoms. The Morgan fingerprint density at radius 1 is 1.47 bits per heavy atom. The van der Waals surface area contributed by atoms with Crippen molar-refractivity contribution < 1.29 is 9.13 Å². The lowest BCUT2D eigenvalue weighted by Crippen LogP contribution is -2.18. The third-order valence-corrected chi connectivity index (χ3v) is 2.35. The number of ether oxygens (including phenoxy) is 1. The van der Waals surface area contributed by atoms with Gasteiger partial charge in [-0.2, -0.15) is 0 Å². The Morgan fingerprint density at radius 2 is 2.20 bits per heavy atom. The largest absolute Gasteiger partial charge is 0.385 e. The molecule has 84 valence electrons. The van der Waals surface area contributed by atoms with E-state index in [0.29, 0.717) is 17.9 Å².